The summed E-state index contributed by atoms with van der Waals surface area (Å²) in [6.45, 7) is 8.02. The molecule has 0 atom stereocenters. The van der Waals surface area contributed by atoms with Crippen LogP contribution in [-0.4, -0.2) is 61.6 Å². The Balaban J connectivity index is 1.87. The molecule has 0 saturated carbocycles. The third-order valence-corrected chi connectivity index (χ3v) is 7.69. The van der Waals surface area contributed by atoms with Crippen molar-refractivity contribution >= 4 is 33.7 Å². The quantitative estimate of drug-likeness (QED) is 0.299. The second-order valence-electron chi connectivity index (χ2n) is 9.31. The molecule has 0 aliphatic carbocycles. The lowest BCUT2D eigenvalue weighted by Crippen LogP contribution is -2.36. The molecule has 3 aromatic rings. The van der Waals surface area contributed by atoms with Gasteiger partial charge in [-0.25, -0.2) is 18.1 Å². The Kier molecular flexibility index (Phi) is 10.5. The SMILES string of the molecule is CCN(CC)C(=O)c1ccc(S(=O)(=O)NC(=O)c2cnc(C(=O)NC(=O)CN)c(OCc3cc(C)ccc3C)c2)cc1. The minimum atomic E-state index is -4.34. The van der Waals surface area contributed by atoms with Gasteiger partial charge in [0.25, 0.3) is 27.7 Å². The highest BCUT2D eigenvalue weighted by Crippen LogP contribution is 2.22. The number of carbonyl (C=O) groups is 4. The summed E-state index contributed by atoms with van der Waals surface area (Å²) in [7, 11) is -4.34. The Hall–Kier alpha value is -4.62. The number of imide groups is 1. The molecule has 2 aromatic carbocycles. The van der Waals surface area contributed by atoms with Crippen molar-refractivity contribution in [1.29, 1.82) is 0 Å². The molecule has 0 unspecified atom stereocenters. The van der Waals surface area contributed by atoms with Crippen LogP contribution in [0.4, 0.5) is 0 Å². The average Bonchev–Trinajstić information content (AvgIpc) is 2.97. The number of hydrogen-bond acceptors (Lipinski definition) is 9. The maximum atomic E-state index is 13.0. The predicted octanol–water partition coefficient (Wildman–Crippen LogP) is 2.09. The van der Waals surface area contributed by atoms with Crippen molar-refractivity contribution in [3.05, 3.63) is 88.2 Å². The van der Waals surface area contributed by atoms with E-state index in [1.54, 1.807) is 4.90 Å². The van der Waals surface area contributed by atoms with Crippen molar-refractivity contribution in [2.75, 3.05) is 19.6 Å². The minimum Gasteiger partial charge on any atom is -0.486 e. The maximum absolute atomic E-state index is 13.0. The van der Waals surface area contributed by atoms with Gasteiger partial charge in [-0.05, 0) is 69.2 Å². The summed E-state index contributed by atoms with van der Waals surface area (Å²) in [4.78, 5) is 55.2. The van der Waals surface area contributed by atoms with E-state index in [1.165, 1.54) is 24.3 Å². The number of amides is 4. The highest BCUT2D eigenvalue weighted by atomic mass is 32.2. The summed E-state index contributed by atoms with van der Waals surface area (Å²) in [6.07, 6.45) is 0.989. The van der Waals surface area contributed by atoms with Crippen molar-refractivity contribution in [2.45, 2.75) is 39.2 Å². The van der Waals surface area contributed by atoms with Gasteiger partial charge in [-0.15, -0.1) is 0 Å². The molecule has 42 heavy (non-hydrogen) atoms. The lowest BCUT2D eigenvalue weighted by molar-refractivity contribution is -0.118. The Labute approximate surface area is 244 Å². The zero-order valence-electron chi connectivity index (χ0n) is 23.8. The van der Waals surface area contributed by atoms with E-state index in [2.05, 4.69) is 10.3 Å². The van der Waals surface area contributed by atoms with Crippen molar-refractivity contribution in [2.24, 2.45) is 5.73 Å². The lowest BCUT2D eigenvalue weighted by Gasteiger charge is -2.18. The van der Waals surface area contributed by atoms with Crippen LogP contribution < -0.4 is 20.5 Å². The third kappa shape index (κ3) is 7.77. The number of rotatable bonds is 11. The molecule has 0 fully saturated rings. The first-order chi connectivity index (χ1) is 19.9. The fraction of sp³-hybridized carbons (Fsp3) is 0.276. The highest BCUT2D eigenvalue weighted by Gasteiger charge is 2.24. The van der Waals surface area contributed by atoms with Crippen LogP contribution in [0.5, 0.6) is 5.75 Å². The van der Waals surface area contributed by atoms with E-state index in [-0.39, 0.29) is 34.4 Å². The number of aromatic nitrogens is 1. The molecule has 4 N–H and O–H groups in total. The monoisotopic (exact) mass is 595 g/mol. The number of ether oxygens (including phenoxy) is 1. The molecule has 0 spiro atoms. The van der Waals surface area contributed by atoms with E-state index < -0.39 is 34.3 Å². The molecule has 1 heterocycles. The van der Waals surface area contributed by atoms with Gasteiger partial charge >= 0.3 is 0 Å². The highest BCUT2D eigenvalue weighted by molar-refractivity contribution is 7.90. The molecule has 222 valence electrons. The minimum absolute atomic E-state index is 0.00222. The summed E-state index contributed by atoms with van der Waals surface area (Å²) in [5, 5.41) is 2.07. The van der Waals surface area contributed by atoms with Crippen molar-refractivity contribution in [1.82, 2.24) is 19.9 Å². The second kappa shape index (κ2) is 13.8. The van der Waals surface area contributed by atoms with Crippen LogP contribution in [0.25, 0.3) is 0 Å². The topological polar surface area (TPSA) is 178 Å². The van der Waals surface area contributed by atoms with Gasteiger partial charge in [0.15, 0.2) is 11.4 Å². The summed E-state index contributed by atoms with van der Waals surface area (Å²) in [6, 6.07) is 12.1. The standard InChI is InChI=1S/C29H33N5O7S/c1-5-34(6-2)29(38)20-9-11-23(12-10-20)42(39,40)33-27(36)21-14-24(26(31-16-21)28(37)32-25(35)15-30)41-17-22-13-18(3)7-8-19(22)4/h7-14,16H,5-6,15,17,30H2,1-4H3,(H,33,36)(H,32,35,37). The van der Waals surface area contributed by atoms with Gasteiger partial charge in [0.1, 0.15) is 6.61 Å². The number of hydrogen-bond donors (Lipinski definition) is 3. The van der Waals surface area contributed by atoms with E-state index in [4.69, 9.17) is 10.5 Å². The van der Waals surface area contributed by atoms with Crippen LogP contribution >= 0.6 is 0 Å². The molecular weight excluding hydrogens is 562 g/mol. The van der Waals surface area contributed by atoms with Crippen molar-refractivity contribution in [3.63, 3.8) is 0 Å². The van der Waals surface area contributed by atoms with E-state index in [9.17, 15) is 27.6 Å². The van der Waals surface area contributed by atoms with Gasteiger partial charge in [0, 0.05) is 24.8 Å². The summed E-state index contributed by atoms with van der Waals surface area (Å²) in [5.41, 5.74) is 7.77. The van der Waals surface area contributed by atoms with Crippen LogP contribution in [-0.2, 0) is 21.4 Å². The first kappa shape index (κ1) is 31.9. The number of benzene rings is 2. The van der Waals surface area contributed by atoms with Gasteiger partial charge in [0.05, 0.1) is 17.0 Å². The van der Waals surface area contributed by atoms with Crippen LogP contribution in [0.3, 0.4) is 0 Å². The zero-order chi connectivity index (χ0) is 31.0. The molecule has 0 saturated heterocycles. The Morgan fingerprint density at radius 2 is 1.60 bits per heavy atom. The molecule has 0 aliphatic heterocycles. The first-order valence-corrected chi connectivity index (χ1v) is 14.6. The number of pyridine rings is 1. The number of sulfonamides is 1. The number of nitrogens with zero attached hydrogens (tertiary/aromatic N) is 2. The van der Waals surface area contributed by atoms with Crippen LogP contribution in [0.15, 0.2) is 59.6 Å². The number of nitrogens with two attached hydrogens (primary N) is 1. The van der Waals surface area contributed by atoms with Crippen molar-refractivity contribution in [3.8, 4) is 5.75 Å². The zero-order valence-corrected chi connectivity index (χ0v) is 24.6. The van der Waals surface area contributed by atoms with Crippen molar-refractivity contribution < 1.29 is 32.3 Å². The smallest absolute Gasteiger partial charge is 0.280 e. The second-order valence-corrected chi connectivity index (χ2v) is 11.0. The predicted molar refractivity (Wildman–Crippen MR) is 154 cm³/mol. The van der Waals surface area contributed by atoms with Gasteiger partial charge in [-0.3, -0.25) is 24.5 Å². The molecule has 4 amide bonds. The molecule has 0 aliphatic rings. The van der Waals surface area contributed by atoms with Crippen LogP contribution in [0.2, 0.25) is 0 Å². The largest absolute Gasteiger partial charge is 0.486 e. The average molecular weight is 596 g/mol. The first-order valence-electron chi connectivity index (χ1n) is 13.1. The van der Waals surface area contributed by atoms with Gasteiger partial charge < -0.3 is 15.4 Å². The summed E-state index contributed by atoms with van der Waals surface area (Å²) >= 11 is 0. The van der Waals surface area contributed by atoms with E-state index in [0.717, 1.165) is 29.0 Å². The number of aryl methyl sites for hydroxylation is 2. The van der Waals surface area contributed by atoms with Gasteiger partial charge in [-0.2, -0.15) is 0 Å². The maximum Gasteiger partial charge on any atom is 0.280 e. The summed E-state index contributed by atoms with van der Waals surface area (Å²) < 4.78 is 33.7. The molecule has 3 rings (SSSR count). The Morgan fingerprint density at radius 3 is 2.21 bits per heavy atom. The molecule has 12 nitrogen and oxygen atoms in total. The Morgan fingerprint density at radius 1 is 0.929 bits per heavy atom. The number of carbonyl (C=O) groups excluding carboxylic acids is 4. The molecule has 13 heteroatoms. The Bertz CT molecular complexity index is 1600. The lowest BCUT2D eigenvalue weighted by atomic mass is 10.1. The van der Waals surface area contributed by atoms with E-state index in [0.29, 0.717) is 18.7 Å². The van der Waals surface area contributed by atoms with Gasteiger partial charge in [-0.1, -0.05) is 23.8 Å². The van der Waals surface area contributed by atoms with Crippen LogP contribution in [0.1, 0.15) is 61.7 Å². The fourth-order valence-corrected chi connectivity index (χ4v) is 4.88. The van der Waals surface area contributed by atoms with E-state index in [1.807, 2.05) is 50.6 Å². The number of nitrogens with one attached hydrogen (secondary N) is 2. The van der Waals surface area contributed by atoms with Crippen LogP contribution in [0, 0.1) is 13.8 Å². The van der Waals surface area contributed by atoms with Gasteiger partial charge in [0.2, 0.25) is 5.91 Å². The molecular formula is C29H33N5O7S. The van der Waals surface area contributed by atoms with E-state index >= 15 is 0 Å². The molecule has 0 bridgehead atoms. The third-order valence-electron chi connectivity index (χ3n) is 6.35. The fourth-order valence-electron chi connectivity index (χ4n) is 3.91. The molecule has 1 aromatic heterocycles. The molecule has 0 radical (unpaired) electrons. The normalized spacial score (nSPS) is 11.0. The summed E-state index contributed by atoms with van der Waals surface area (Å²) in [5.74, 6) is -3.08.